The molecule has 0 nitrogen and oxygen atoms in total. The number of hydrogen-bond acceptors (Lipinski definition) is 0. The van der Waals surface area contributed by atoms with Crippen LogP contribution >= 0.6 is 0 Å². The van der Waals surface area contributed by atoms with Crippen LogP contribution in [0.1, 0.15) is 29.0 Å². The van der Waals surface area contributed by atoms with E-state index >= 15 is 0 Å². The molecule has 0 saturated carbocycles. The van der Waals surface area contributed by atoms with Crippen LogP contribution in [0.3, 0.4) is 0 Å². The molecule has 1 aliphatic rings. The SMILES string of the molecule is Cc1ccc2c(C3=CCC(c4cccc5ccccc45)C=C3)c3ccccc3c(-c3ccccc3)c2c1. The maximum Gasteiger partial charge on any atom is 0.00622 e. The van der Waals surface area contributed by atoms with Crippen LogP contribution in [-0.2, 0) is 0 Å². The third-order valence-electron chi connectivity index (χ3n) is 7.85. The van der Waals surface area contributed by atoms with E-state index < -0.39 is 0 Å². The monoisotopic (exact) mass is 472 g/mol. The Morgan fingerprint density at radius 2 is 1.24 bits per heavy atom. The molecule has 0 bridgehead atoms. The van der Waals surface area contributed by atoms with Crippen LogP contribution in [0.5, 0.6) is 0 Å². The molecule has 0 radical (unpaired) electrons. The van der Waals surface area contributed by atoms with Crippen LogP contribution in [0, 0.1) is 6.92 Å². The molecule has 0 aromatic heterocycles. The first-order valence-electron chi connectivity index (χ1n) is 13.1. The van der Waals surface area contributed by atoms with Crippen molar-refractivity contribution in [3.05, 3.63) is 150 Å². The van der Waals surface area contributed by atoms with Gasteiger partial charge in [0.25, 0.3) is 0 Å². The van der Waals surface area contributed by atoms with Crippen LogP contribution in [0.25, 0.3) is 49.0 Å². The second kappa shape index (κ2) is 8.91. The van der Waals surface area contributed by atoms with Gasteiger partial charge in [-0.05, 0) is 73.5 Å². The molecule has 0 heterocycles. The summed E-state index contributed by atoms with van der Waals surface area (Å²) in [5, 5.41) is 7.94. The molecule has 0 fully saturated rings. The fourth-order valence-electron chi connectivity index (χ4n) is 6.13. The lowest BCUT2D eigenvalue weighted by molar-refractivity contribution is 0.865. The number of rotatable bonds is 3. The Hall–Kier alpha value is -4.42. The topological polar surface area (TPSA) is 0 Å². The summed E-state index contributed by atoms with van der Waals surface area (Å²) in [6, 6.07) is 42.1. The van der Waals surface area contributed by atoms with Crippen molar-refractivity contribution in [1.29, 1.82) is 0 Å². The highest BCUT2D eigenvalue weighted by Crippen LogP contribution is 2.44. The van der Waals surface area contributed by atoms with Crippen molar-refractivity contribution in [2.75, 3.05) is 0 Å². The van der Waals surface area contributed by atoms with Gasteiger partial charge in [-0.1, -0.05) is 139 Å². The Balaban J connectivity index is 1.42. The first-order chi connectivity index (χ1) is 18.3. The molecule has 0 aliphatic heterocycles. The largest absolute Gasteiger partial charge is 0.0761 e. The van der Waals surface area contributed by atoms with Crippen molar-refractivity contribution in [3.63, 3.8) is 0 Å². The highest BCUT2D eigenvalue weighted by atomic mass is 14.2. The molecule has 37 heavy (non-hydrogen) atoms. The summed E-state index contributed by atoms with van der Waals surface area (Å²) in [7, 11) is 0. The second-order valence-corrected chi connectivity index (χ2v) is 10.1. The van der Waals surface area contributed by atoms with E-state index in [0.717, 1.165) is 6.42 Å². The standard InChI is InChI=1S/C37H28/c1-25-18-23-34-35(24-25)37(28-11-3-2-4-12-28)33-16-8-7-15-32(33)36(34)29-21-19-27(20-22-29)31-17-9-13-26-10-5-6-14-30(26)31/h2-19,21-24,27H,20H2,1H3. The van der Waals surface area contributed by atoms with Gasteiger partial charge in [0.2, 0.25) is 0 Å². The van der Waals surface area contributed by atoms with E-state index in [0.29, 0.717) is 5.92 Å². The van der Waals surface area contributed by atoms with E-state index in [-0.39, 0.29) is 0 Å². The molecule has 7 rings (SSSR count). The third-order valence-corrected chi connectivity index (χ3v) is 7.85. The molecule has 1 unspecified atom stereocenters. The van der Waals surface area contributed by atoms with Crippen LogP contribution in [0.2, 0.25) is 0 Å². The van der Waals surface area contributed by atoms with E-state index in [1.807, 2.05) is 0 Å². The molecule has 0 N–H and O–H groups in total. The fourth-order valence-corrected chi connectivity index (χ4v) is 6.13. The molecule has 1 atom stereocenters. The van der Waals surface area contributed by atoms with Crippen molar-refractivity contribution in [2.45, 2.75) is 19.3 Å². The minimum atomic E-state index is 0.387. The zero-order chi connectivity index (χ0) is 24.8. The molecule has 0 amide bonds. The third kappa shape index (κ3) is 3.69. The van der Waals surface area contributed by atoms with Gasteiger partial charge >= 0.3 is 0 Å². The lowest BCUT2D eigenvalue weighted by Crippen LogP contribution is -2.01. The van der Waals surface area contributed by atoms with Crippen molar-refractivity contribution in [3.8, 4) is 11.1 Å². The molecule has 0 spiro atoms. The van der Waals surface area contributed by atoms with Crippen LogP contribution < -0.4 is 0 Å². The number of aryl methyl sites for hydroxylation is 1. The molecule has 6 aromatic carbocycles. The zero-order valence-corrected chi connectivity index (χ0v) is 21.0. The summed E-state index contributed by atoms with van der Waals surface area (Å²) in [6.45, 7) is 2.19. The quantitative estimate of drug-likeness (QED) is 0.225. The minimum absolute atomic E-state index is 0.387. The zero-order valence-electron chi connectivity index (χ0n) is 21.0. The number of allylic oxidation sites excluding steroid dienone is 4. The molecule has 176 valence electrons. The highest BCUT2D eigenvalue weighted by molar-refractivity contribution is 6.19. The highest BCUT2D eigenvalue weighted by Gasteiger charge is 2.20. The number of hydrogen-bond donors (Lipinski definition) is 0. The minimum Gasteiger partial charge on any atom is -0.0761 e. The average molecular weight is 473 g/mol. The van der Waals surface area contributed by atoms with Gasteiger partial charge in [-0.2, -0.15) is 0 Å². The number of benzene rings is 6. The van der Waals surface area contributed by atoms with Gasteiger partial charge in [0.05, 0.1) is 0 Å². The summed E-state index contributed by atoms with van der Waals surface area (Å²) in [5.74, 6) is 0.387. The maximum atomic E-state index is 2.45. The Bertz CT molecular complexity index is 1850. The summed E-state index contributed by atoms with van der Waals surface area (Å²) in [4.78, 5) is 0. The predicted octanol–water partition coefficient (Wildman–Crippen LogP) is 10.2. The first kappa shape index (κ1) is 21.8. The Morgan fingerprint density at radius 1 is 0.568 bits per heavy atom. The van der Waals surface area contributed by atoms with Crippen molar-refractivity contribution >= 4 is 37.9 Å². The molecular weight excluding hydrogens is 444 g/mol. The Morgan fingerprint density at radius 3 is 2.03 bits per heavy atom. The summed E-state index contributed by atoms with van der Waals surface area (Å²) >= 11 is 0. The van der Waals surface area contributed by atoms with Gasteiger partial charge in [-0.3, -0.25) is 0 Å². The summed E-state index contributed by atoms with van der Waals surface area (Å²) in [5.41, 5.74) is 7.96. The van der Waals surface area contributed by atoms with Crippen molar-refractivity contribution < 1.29 is 0 Å². The van der Waals surface area contributed by atoms with Crippen LogP contribution in [0.4, 0.5) is 0 Å². The number of fused-ring (bicyclic) bond motifs is 3. The lowest BCUT2D eigenvalue weighted by Gasteiger charge is -2.22. The van der Waals surface area contributed by atoms with E-state index in [9.17, 15) is 0 Å². The van der Waals surface area contributed by atoms with Crippen molar-refractivity contribution in [1.82, 2.24) is 0 Å². The average Bonchev–Trinajstić information content (AvgIpc) is 2.96. The Kier molecular flexibility index (Phi) is 5.26. The normalized spacial score (nSPS) is 15.4. The predicted molar refractivity (Wildman–Crippen MR) is 160 cm³/mol. The van der Waals surface area contributed by atoms with Gasteiger partial charge in [-0.15, -0.1) is 0 Å². The second-order valence-electron chi connectivity index (χ2n) is 10.1. The fraction of sp³-hybridized carbons (Fsp3) is 0.0811. The van der Waals surface area contributed by atoms with Crippen LogP contribution in [-0.4, -0.2) is 0 Å². The summed E-state index contributed by atoms with van der Waals surface area (Å²) in [6.07, 6.45) is 8.23. The molecule has 6 aromatic rings. The van der Waals surface area contributed by atoms with Gasteiger partial charge in [0.15, 0.2) is 0 Å². The van der Waals surface area contributed by atoms with Gasteiger partial charge in [0, 0.05) is 5.92 Å². The van der Waals surface area contributed by atoms with E-state index in [4.69, 9.17) is 0 Å². The first-order valence-corrected chi connectivity index (χ1v) is 13.1. The molecule has 0 saturated heterocycles. The maximum absolute atomic E-state index is 2.45. The van der Waals surface area contributed by atoms with Gasteiger partial charge in [0.1, 0.15) is 0 Å². The molecule has 0 heteroatoms. The van der Waals surface area contributed by atoms with Gasteiger partial charge in [-0.25, -0.2) is 0 Å². The molecular formula is C37H28. The van der Waals surface area contributed by atoms with Gasteiger partial charge < -0.3 is 0 Å². The van der Waals surface area contributed by atoms with E-state index in [1.165, 1.54) is 65.7 Å². The summed E-state index contributed by atoms with van der Waals surface area (Å²) < 4.78 is 0. The van der Waals surface area contributed by atoms with Crippen molar-refractivity contribution in [2.24, 2.45) is 0 Å². The van der Waals surface area contributed by atoms with E-state index in [1.54, 1.807) is 0 Å². The van der Waals surface area contributed by atoms with E-state index in [2.05, 4.69) is 140 Å². The molecule has 1 aliphatic carbocycles. The lowest BCUT2D eigenvalue weighted by atomic mass is 9.81. The smallest absolute Gasteiger partial charge is 0.00622 e. The Labute approximate surface area is 218 Å². The van der Waals surface area contributed by atoms with Crippen LogP contribution in [0.15, 0.2) is 133 Å².